The van der Waals surface area contributed by atoms with Crippen LogP contribution in [-0.2, 0) is 0 Å². The summed E-state index contributed by atoms with van der Waals surface area (Å²) in [7, 11) is 1.62. The lowest BCUT2D eigenvalue weighted by molar-refractivity contribution is 0.0113. The molecule has 15 heavy (non-hydrogen) atoms. The minimum absolute atomic E-state index is 0.321. The van der Waals surface area contributed by atoms with Gasteiger partial charge in [0.05, 0.1) is 13.2 Å². The second kappa shape index (κ2) is 3.42. The van der Waals surface area contributed by atoms with Crippen LogP contribution < -0.4 is 9.47 Å². The summed E-state index contributed by atoms with van der Waals surface area (Å²) in [6.45, 7) is 3.94. The maximum Gasteiger partial charge on any atom is 0.129 e. The molecule has 82 valence electrons. The third-order valence-corrected chi connectivity index (χ3v) is 2.65. The van der Waals surface area contributed by atoms with E-state index in [0.29, 0.717) is 6.42 Å². The molecule has 0 amide bonds. The van der Waals surface area contributed by atoms with Crippen LogP contribution in [0.2, 0.25) is 0 Å². The van der Waals surface area contributed by atoms with E-state index in [0.717, 1.165) is 17.1 Å². The highest BCUT2D eigenvalue weighted by Crippen LogP contribution is 2.40. The smallest absolute Gasteiger partial charge is 0.129 e. The van der Waals surface area contributed by atoms with Gasteiger partial charge in [0.2, 0.25) is 0 Å². The van der Waals surface area contributed by atoms with Gasteiger partial charge >= 0.3 is 0 Å². The third kappa shape index (κ3) is 1.92. The Kier molecular flexibility index (Phi) is 2.35. The van der Waals surface area contributed by atoms with E-state index in [2.05, 4.69) is 0 Å². The van der Waals surface area contributed by atoms with Gasteiger partial charge in [-0.15, -0.1) is 0 Å². The molecule has 1 aliphatic heterocycles. The Balaban J connectivity index is 2.42. The number of hydrogen-bond donors (Lipinski definition) is 1. The van der Waals surface area contributed by atoms with Gasteiger partial charge in [0.25, 0.3) is 0 Å². The number of hydrogen-bond acceptors (Lipinski definition) is 3. The first-order valence-corrected chi connectivity index (χ1v) is 5.07. The van der Waals surface area contributed by atoms with Crippen LogP contribution >= 0.6 is 0 Å². The first kappa shape index (κ1) is 10.3. The Morgan fingerprint density at radius 1 is 1.47 bits per heavy atom. The fourth-order valence-corrected chi connectivity index (χ4v) is 1.92. The van der Waals surface area contributed by atoms with Crippen LogP contribution in [0.15, 0.2) is 18.2 Å². The third-order valence-electron chi connectivity index (χ3n) is 2.65. The molecule has 2 rings (SSSR count). The summed E-state index contributed by atoms with van der Waals surface area (Å²) in [6, 6.07) is 5.51. The SMILES string of the molecule is COc1ccc2c(c1)OC(C)(C)C[C@H]2O. The predicted octanol–water partition coefficient (Wildman–Crippen LogP) is 2.29. The molecule has 0 saturated carbocycles. The number of fused-ring (bicyclic) bond motifs is 1. The summed E-state index contributed by atoms with van der Waals surface area (Å²) in [6.07, 6.45) is 0.168. The average molecular weight is 208 g/mol. The molecular formula is C12H16O3. The number of methoxy groups -OCH3 is 1. The summed E-state index contributed by atoms with van der Waals surface area (Å²) in [4.78, 5) is 0. The fourth-order valence-electron chi connectivity index (χ4n) is 1.92. The molecule has 1 heterocycles. The molecule has 0 unspecified atom stereocenters. The van der Waals surface area contributed by atoms with Gasteiger partial charge in [0.15, 0.2) is 0 Å². The van der Waals surface area contributed by atoms with Crippen LogP contribution in [0.5, 0.6) is 11.5 Å². The van der Waals surface area contributed by atoms with E-state index in [4.69, 9.17) is 9.47 Å². The Hall–Kier alpha value is -1.22. The maximum absolute atomic E-state index is 9.94. The van der Waals surface area contributed by atoms with E-state index in [1.54, 1.807) is 7.11 Å². The highest BCUT2D eigenvalue weighted by molar-refractivity contribution is 5.43. The molecule has 1 aliphatic rings. The van der Waals surface area contributed by atoms with Crippen molar-refractivity contribution >= 4 is 0 Å². The Morgan fingerprint density at radius 3 is 2.87 bits per heavy atom. The number of aliphatic hydroxyl groups excluding tert-OH is 1. The molecular weight excluding hydrogens is 192 g/mol. The van der Waals surface area contributed by atoms with Crippen molar-refractivity contribution in [2.45, 2.75) is 32.0 Å². The molecule has 0 radical (unpaired) electrons. The van der Waals surface area contributed by atoms with E-state index in [-0.39, 0.29) is 5.60 Å². The monoisotopic (exact) mass is 208 g/mol. The number of benzene rings is 1. The summed E-state index contributed by atoms with van der Waals surface area (Å²) in [5, 5.41) is 9.94. The van der Waals surface area contributed by atoms with Crippen molar-refractivity contribution in [1.29, 1.82) is 0 Å². The molecule has 0 saturated heterocycles. The minimum atomic E-state index is -0.449. The van der Waals surface area contributed by atoms with Gasteiger partial charge in [-0.3, -0.25) is 0 Å². The van der Waals surface area contributed by atoms with Gasteiger partial charge in [-0.05, 0) is 26.0 Å². The zero-order valence-electron chi connectivity index (χ0n) is 9.28. The highest BCUT2D eigenvalue weighted by Gasteiger charge is 2.32. The van der Waals surface area contributed by atoms with Crippen molar-refractivity contribution in [2.75, 3.05) is 7.11 Å². The van der Waals surface area contributed by atoms with Crippen molar-refractivity contribution in [2.24, 2.45) is 0 Å². The molecule has 0 aliphatic carbocycles. The minimum Gasteiger partial charge on any atom is -0.497 e. The van der Waals surface area contributed by atoms with Crippen LogP contribution in [0.25, 0.3) is 0 Å². The first-order chi connectivity index (χ1) is 7.02. The Morgan fingerprint density at radius 2 is 2.20 bits per heavy atom. The Labute approximate surface area is 89.6 Å². The number of rotatable bonds is 1. The molecule has 0 fully saturated rings. The average Bonchev–Trinajstić information content (AvgIpc) is 2.14. The quantitative estimate of drug-likeness (QED) is 0.769. The molecule has 1 N–H and O–H groups in total. The standard InChI is InChI=1S/C12H16O3/c1-12(2)7-10(13)9-5-4-8(14-3)6-11(9)15-12/h4-6,10,13H,7H2,1-3H3/t10-/m1/s1. The van der Waals surface area contributed by atoms with Crippen molar-refractivity contribution < 1.29 is 14.6 Å². The first-order valence-electron chi connectivity index (χ1n) is 5.07. The summed E-state index contributed by atoms with van der Waals surface area (Å²) < 4.78 is 10.9. The largest absolute Gasteiger partial charge is 0.497 e. The number of aliphatic hydroxyl groups is 1. The van der Waals surface area contributed by atoms with E-state index in [9.17, 15) is 5.11 Å². The molecule has 1 aromatic carbocycles. The van der Waals surface area contributed by atoms with Crippen LogP contribution in [0.4, 0.5) is 0 Å². The van der Waals surface area contributed by atoms with Gasteiger partial charge in [0, 0.05) is 18.1 Å². The van der Waals surface area contributed by atoms with Crippen molar-refractivity contribution in [3.05, 3.63) is 23.8 Å². The van der Waals surface area contributed by atoms with Crippen LogP contribution in [0.1, 0.15) is 31.9 Å². The van der Waals surface area contributed by atoms with Crippen LogP contribution in [-0.4, -0.2) is 17.8 Å². The zero-order chi connectivity index (χ0) is 11.1. The molecule has 3 heteroatoms. The molecule has 0 bridgehead atoms. The van der Waals surface area contributed by atoms with E-state index < -0.39 is 6.10 Å². The van der Waals surface area contributed by atoms with Gasteiger partial charge in [-0.1, -0.05) is 0 Å². The van der Waals surface area contributed by atoms with Crippen molar-refractivity contribution in [3.8, 4) is 11.5 Å². The second-order valence-electron chi connectivity index (χ2n) is 4.49. The molecule has 3 nitrogen and oxygen atoms in total. The highest BCUT2D eigenvalue weighted by atomic mass is 16.5. The zero-order valence-corrected chi connectivity index (χ0v) is 9.28. The normalized spacial score (nSPS) is 22.8. The maximum atomic E-state index is 9.94. The summed E-state index contributed by atoms with van der Waals surface area (Å²) in [5.41, 5.74) is 0.522. The van der Waals surface area contributed by atoms with Crippen molar-refractivity contribution in [1.82, 2.24) is 0 Å². The van der Waals surface area contributed by atoms with Crippen molar-refractivity contribution in [3.63, 3.8) is 0 Å². The lowest BCUT2D eigenvalue weighted by Crippen LogP contribution is -2.34. The molecule has 0 spiro atoms. The molecule has 1 aromatic rings. The van der Waals surface area contributed by atoms with Gasteiger partial charge in [0.1, 0.15) is 17.1 Å². The topological polar surface area (TPSA) is 38.7 Å². The molecule has 0 aromatic heterocycles. The number of ether oxygens (including phenoxy) is 2. The van der Waals surface area contributed by atoms with E-state index in [1.807, 2.05) is 32.0 Å². The second-order valence-corrected chi connectivity index (χ2v) is 4.49. The van der Waals surface area contributed by atoms with Gasteiger partial charge < -0.3 is 14.6 Å². The van der Waals surface area contributed by atoms with Crippen LogP contribution in [0, 0.1) is 0 Å². The summed E-state index contributed by atoms with van der Waals surface area (Å²) >= 11 is 0. The van der Waals surface area contributed by atoms with Crippen LogP contribution in [0.3, 0.4) is 0 Å². The fraction of sp³-hybridized carbons (Fsp3) is 0.500. The molecule has 1 atom stereocenters. The van der Waals surface area contributed by atoms with E-state index in [1.165, 1.54) is 0 Å². The Bertz CT molecular complexity index is 371. The lowest BCUT2D eigenvalue weighted by atomic mass is 9.92. The lowest BCUT2D eigenvalue weighted by Gasteiger charge is -2.35. The predicted molar refractivity (Wildman–Crippen MR) is 57.3 cm³/mol. The van der Waals surface area contributed by atoms with E-state index >= 15 is 0 Å². The van der Waals surface area contributed by atoms with Gasteiger partial charge in [-0.25, -0.2) is 0 Å². The summed E-state index contributed by atoms with van der Waals surface area (Å²) in [5.74, 6) is 1.47. The van der Waals surface area contributed by atoms with Gasteiger partial charge in [-0.2, -0.15) is 0 Å².